The van der Waals surface area contributed by atoms with Crippen LogP contribution in [0.25, 0.3) is 0 Å². The summed E-state index contributed by atoms with van der Waals surface area (Å²) in [5, 5.41) is 4.13. The Morgan fingerprint density at radius 2 is 1.38 bits per heavy atom. The molecule has 0 heterocycles. The van der Waals surface area contributed by atoms with Gasteiger partial charge in [0.05, 0.1) is 13.2 Å². The Hall–Kier alpha value is 0.750. The van der Waals surface area contributed by atoms with Gasteiger partial charge in [0.1, 0.15) is 0 Å². The van der Waals surface area contributed by atoms with E-state index in [4.69, 9.17) is 17.5 Å². The van der Waals surface area contributed by atoms with Crippen molar-refractivity contribution in [2.45, 2.75) is 13.8 Å². The fourth-order valence-corrected chi connectivity index (χ4v) is 0.130. The van der Waals surface area contributed by atoms with E-state index >= 15 is 0 Å². The molecular formula is C4H13NaO7S. The van der Waals surface area contributed by atoms with Crippen molar-refractivity contribution in [1.29, 1.82) is 0 Å². The van der Waals surface area contributed by atoms with Gasteiger partial charge in [0.2, 0.25) is 0 Å². The first-order chi connectivity index (χ1) is 5.41. The molecule has 0 amide bonds. The molecule has 13 heavy (non-hydrogen) atoms. The molecular weight excluding hydrogens is 215 g/mol. The van der Waals surface area contributed by atoms with E-state index in [1.807, 2.05) is 13.8 Å². The van der Waals surface area contributed by atoms with Gasteiger partial charge in [0.15, 0.2) is 0 Å². The molecule has 0 aromatic heterocycles. The molecule has 0 saturated carbocycles. The summed E-state index contributed by atoms with van der Waals surface area (Å²) in [6, 6.07) is 0. The maximum Gasteiger partial charge on any atom is 1.00 e. The molecule has 0 fully saturated rings. The standard InChI is InChI=1S/C4H10O3.Na.H2O4S.H/c1-3-5-7-6-4-2;;1-5(2,3)4;/h3-4H2,1-2H3;;(H2,1,2,3,4);/q;+1;;-1. The molecule has 7 nitrogen and oxygen atoms in total. The maximum absolute atomic E-state index is 8.74. The Balaban J connectivity index is -0.0000000651. The van der Waals surface area contributed by atoms with Crippen LogP contribution < -0.4 is 29.6 Å². The molecule has 0 aliphatic rings. The average molecular weight is 228 g/mol. The third-order valence-corrected chi connectivity index (χ3v) is 0.332. The topological polar surface area (TPSA) is 102 Å². The van der Waals surface area contributed by atoms with E-state index in [0.29, 0.717) is 13.2 Å². The molecule has 0 rings (SSSR count). The Kier molecular flexibility index (Phi) is 19.0. The van der Waals surface area contributed by atoms with Crippen molar-refractivity contribution in [1.82, 2.24) is 0 Å². The molecule has 0 radical (unpaired) electrons. The van der Waals surface area contributed by atoms with Crippen LogP contribution in [0.15, 0.2) is 0 Å². The number of hydrogen-bond donors (Lipinski definition) is 2. The second-order valence-electron chi connectivity index (χ2n) is 1.33. The Labute approximate surface area is 101 Å². The van der Waals surface area contributed by atoms with E-state index in [0.717, 1.165) is 0 Å². The van der Waals surface area contributed by atoms with Crippen molar-refractivity contribution in [2.24, 2.45) is 0 Å². The smallest absolute Gasteiger partial charge is 1.00 e. The summed E-state index contributed by atoms with van der Waals surface area (Å²) < 4.78 is 31.6. The summed E-state index contributed by atoms with van der Waals surface area (Å²) in [6.45, 7) is 4.66. The van der Waals surface area contributed by atoms with Crippen molar-refractivity contribution in [2.75, 3.05) is 13.2 Å². The third kappa shape index (κ3) is 65.3. The number of rotatable bonds is 4. The summed E-state index contributed by atoms with van der Waals surface area (Å²) in [5.41, 5.74) is 0. The normalized spacial score (nSPS) is 9.54. The maximum atomic E-state index is 8.74. The molecule has 0 aromatic rings. The van der Waals surface area contributed by atoms with Crippen molar-refractivity contribution in [3.05, 3.63) is 0 Å². The average Bonchev–Trinajstić information content (AvgIpc) is 1.85. The van der Waals surface area contributed by atoms with E-state index in [1.165, 1.54) is 0 Å². The van der Waals surface area contributed by atoms with Crippen molar-refractivity contribution in [3.8, 4) is 0 Å². The first-order valence-electron chi connectivity index (χ1n) is 3.02. The van der Waals surface area contributed by atoms with Gasteiger partial charge >= 0.3 is 40.0 Å². The molecule has 78 valence electrons. The minimum atomic E-state index is -4.67. The molecule has 0 aliphatic carbocycles. The van der Waals surface area contributed by atoms with Gasteiger partial charge in [-0.05, 0) is 13.8 Å². The summed E-state index contributed by atoms with van der Waals surface area (Å²) >= 11 is 0. The fraction of sp³-hybridized carbons (Fsp3) is 1.00. The monoisotopic (exact) mass is 228 g/mol. The van der Waals surface area contributed by atoms with E-state index in [-0.39, 0.29) is 31.0 Å². The van der Waals surface area contributed by atoms with Crippen LogP contribution in [0.3, 0.4) is 0 Å². The van der Waals surface area contributed by atoms with Gasteiger partial charge in [0.25, 0.3) is 0 Å². The zero-order valence-electron chi connectivity index (χ0n) is 8.76. The summed E-state index contributed by atoms with van der Waals surface area (Å²) in [6.07, 6.45) is 0. The van der Waals surface area contributed by atoms with Crippen LogP contribution in [0.2, 0.25) is 0 Å². The Morgan fingerprint density at radius 3 is 1.54 bits per heavy atom. The fourth-order valence-electron chi connectivity index (χ4n) is 0.130. The van der Waals surface area contributed by atoms with E-state index in [9.17, 15) is 0 Å². The zero-order chi connectivity index (χ0) is 10.0. The van der Waals surface area contributed by atoms with Crippen molar-refractivity contribution < 1.29 is 63.3 Å². The predicted octanol–water partition coefficient (Wildman–Crippen LogP) is -2.63. The first-order valence-corrected chi connectivity index (χ1v) is 4.42. The first kappa shape index (κ1) is 19.3. The van der Waals surface area contributed by atoms with Crippen LogP contribution in [0.5, 0.6) is 0 Å². The minimum absolute atomic E-state index is 0. The van der Waals surface area contributed by atoms with Crippen molar-refractivity contribution >= 4 is 10.4 Å². The number of hydrogen-bond acceptors (Lipinski definition) is 5. The van der Waals surface area contributed by atoms with Gasteiger partial charge in [0, 0.05) is 0 Å². The predicted molar refractivity (Wildman–Crippen MR) is 39.6 cm³/mol. The Morgan fingerprint density at radius 1 is 1.15 bits per heavy atom. The van der Waals surface area contributed by atoms with Gasteiger partial charge in [-0.3, -0.25) is 9.11 Å². The molecule has 9 heteroatoms. The van der Waals surface area contributed by atoms with E-state index in [2.05, 4.69) is 14.8 Å². The molecule has 0 aliphatic heterocycles. The van der Waals surface area contributed by atoms with Crippen LogP contribution in [0.1, 0.15) is 15.3 Å². The van der Waals surface area contributed by atoms with E-state index < -0.39 is 10.4 Å². The second-order valence-corrected chi connectivity index (χ2v) is 2.22. The molecule has 0 saturated heterocycles. The summed E-state index contributed by atoms with van der Waals surface area (Å²) in [4.78, 5) is 8.70. The zero-order valence-corrected chi connectivity index (χ0v) is 10.6. The second kappa shape index (κ2) is 12.8. The third-order valence-electron chi connectivity index (χ3n) is 0.332. The van der Waals surface area contributed by atoms with Gasteiger partial charge in [-0.1, -0.05) is 5.04 Å². The quantitative estimate of drug-likeness (QED) is 0.178. The summed E-state index contributed by atoms with van der Waals surface area (Å²) in [5.74, 6) is 0. The van der Waals surface area contributed by atoms with E-state index in [1.54, 1.807) is 0 Å². The van der Waals surface area contributed by atoms with Gasteiger partial charge in [-0.25, -0.2) is 9.78 Å². The van der Waals surface area contributed by atoms with Crippen LogP contribution >= 0.6 is 0 Å². The molecule has 0 spiro atoms. The molecule has 0 unspecified atom stereocenters. The van der Waals surface area contributed by atoms with Gasteiger partial charge < -0.3 is 1.43 Å². The SMILES string of the molecule is CCOOOCC.O=S(=O)(O)O.[H-].[Na+]. The van der Waals surface area contributed by atoms with Gasteiger partial charge in [-0.15, -0.1) is 0 Å². The van der Waals surface area contributed by atoms with Crippen LogP contribution in [0.4, 0.5) is 0 Å². The molecule has 0 atom stereocenters. The van der Waals surface area contributed by atoms with Crippen molar-refractivity contribution in [3.63, 3.8) is 0 Å². The van der Waals surface area contributed by atoms with Crippen LogP contribution in [0, 0.1) is 0 Å². The van der Waals surface area contributed by atoms with Crippen LogP contribution in [-0.4, -0.2) is 30.7 Å². The van der Waals surface area contributed by atoms with Gasteiger partial charge in [-0.2, -0.15) is 8.42 Å². The molecule has 2 N–H and O–H groups in total. The van der Waals surface area contributed by atoms with Crippen LogP contribution in [-0.2, 0) is 25.2 Å². The summed E-state index contributed by atoms with van der Waals surface area (Å²) in [7, 11) is -4.67. The molecule has 0 aromatic carbocycles. The molecule has 0 bridgehead atoms. The Bertz CT molecular complexity index is 161. The largest absolute Gasteiger partial charge is 1.00 e. The minimum Gasteiger partial charge on any atom is -1.00 e.